The molecule has 6 heteroatoms. The molecule has 130 valence electrons. The third-order valence-electron chi connectivity index (χ3n) is 4.45. The Morgan fingerprint density at radius 1 is 0.963 bits per heavy atom. The van der Waals surface area contributed by atoms with Gasteiger partial charge >= 0.3 is 0 Å². The number of benzene rings is 3. The maximum atomic E-state index is 9.81. The number of nitrogens with zero attached hydrogens (tertiary/aromatic N) is 3. The van der Waals surface area contributed by atoms with Gasteiger partial charge in [0.05, 0.1) is 11.6 Å². The summed E-state index contributed by atoms with van der Waals surface area (Å²) in [5.41, 5.74) is 5.51. The second-order valence-electron chi connectivity index (χ2n) is 6.09. The van der Waals surface area contributed by atoms with Gasteiger partial charge in [-0.15, -0.1) is 0 Å². The highest BCUT2D eigenvalue weighted by Crippen LogP contribution is 2.35. The molecule has 0 amide bonds. The summed E-state index contributed by atoms with van der Waals surface area (Å²) in [6.45, 7) is 0. The molecule has 0 aliphatic rings. The smallest absolute Gasteiger partial charge is 0.197 e. The standard InChI is InChI=1S/C21H14N4O2/c26-16-8-4-2-6-14(16)11-24-25-21-20-19(22-12-23-21)18-15-7-3-1-5-13(15)9-10-17(18)27-20/h1-12,26H,(H,22,23,25)/b24-11+. The van der Waals surface area contributed by atoms with Crippen molar-refractivity contribution in [2.45, 2.75) is 0 Å². The zero-order valence-electron chi connectivity index (χ0n) is 14.1. The zero-order valence-corrected chi connectivity index (χ0v) is 14.1. The first kappa shape index (κ1) is 15.3. The highest BCUT2D eigenvalue weighted by Gasteiger charge is 2.15. The number of nitrogens with one attached hydrogen (secondary N) is 1. The summed E-state index contributed by atoms with van der Waals surface area (Å²) < 4.78 is 6.01. The zero-order chi connectivity index (χ0) is 18.2. The molecular formula is C21H14N4O2. The topological polar surface area (TPSA) is 83.5 Å². The average molecular weight is 354 g/mol. The first-order valence-electron chi connectivity index (χ1n) is 8.43. The van der Waals surface area contributed by atoms with Crippen LogP contribution in [0.4, 0.5) is 5.82 Å². The number of fused-ring (bicyclic) bond motifs is 5. The number of hydrogen-bond donors (Lipinski definition) is 2. The summed E-state index contributed by atoms with van der Waals surface area (Å²) in [5.74, 6) is 0.623. The number of aromatic hydroxyl groups is 1. The Bertz CT molecular complexity index is 1320. The number of hydrazone groups is 1. The van der Waals surface area contributed by atoms with E-state index in [1.54, 1.807) is 18.2 Å². The minimum absolute atomic E-state index is 0.158. The SMILES string of the molecule is Oc1ccccc1/C=N/Nc1ncnc2c1oc1ccc3ccccc3c12. The van der Waals surface area contributed by atoms with Gasteiger partial charge in [-0.25, -0.2) is 9.97 Å². The fourth-order valence-electron chi connectivity index (χ4n) is 3.18. The van der Waals surface area contributed by atoms with Gasteiger partial charge in [0.2, 0.25) is 0 Å². The summed E-state index contributed by atoms with van der Waals surface area (Å²) in [5, 5.41) is 17.1. The molecule has 0 atom stereocenters. The predicted octanol–water partition coefficient (Wildman–Crippen LogP) is 4.68. The van der Waals surface area contributed by atoms with Crippen molar-refractivity contribution in [1.29, 1.82) is 0 Å². The van der Waals surface area contributed by atoms with E-state index in [0.29, 0.717) is 17.0 Å². The van der Waals surface area contributed by atoms with E-state index in [1.807, 2.05) is 30.3 Å². The third-order valence-corrected chi connectivity index (χ3v) is 4.45. The van der Waals surface area contributed by atoms with Crippen molar-refractivity contribution in [3.05, 3.63) is 72.6 Å². The second-order valence-corrected chi connectivity index (χ2v) is 6.09. The molecule has 0 saturated carbocycles. The highest BCUT2D eigenvalue weighted by atomic mass is 16.3. The number of phenols is 1. The van der Waals surface area contributed by atoms with Crippen molar-refractivity contribution < 1.29 is 9.52 Å². The Labute approximate surface area is 153 Å². The molecule has 0 saturated heterocycles. The number of para-hydroxylation sites is 1. The summed E-state index contributed by atoms with van der Waals surface area (Å²) in [6.07, 6.45) is 3.01. The Morgan fingerprint density at radius 3 is 2.74 bits per heavy atom. The lowest BCUT2D eigenvalue weighted by Gasteiger charge is -2.00. The number of rotatable bonds is 3. The molecule has 27 heavy (non-hydrogen) atoms. The highest BCUT2D eigenvalue weighted by molar-refractivity contribution is 6.18. The van der Waals surface area contributed by atoms with E-state index in [9.17, 15) is 5.11 Å². The first-order valence-corrected chi connectivity index (χ1v) is 8.43. The van der Waals surface area contributed by atoms with Gasteiger partial charge in [-0.05, 0) is 29.0 Å². The van der Waals surface area contributed by atoms with Gasteiger partial charge in [-0.2, -0.15) is 5.10 Å². The normalized spacial score (nSPS) is 11.7. The van der Waals surface area contributed by atoms with E-state index in [4.69, 9.17) is 4.42 Å². The molecule has 0 fully saturated rings. The van der Waals surface area contributed by atoms with E-state index in [-0.39, 0.29) is 5.75 Å². The molecular weight excluding hydrogens is 340 g/mol. The van der Waals surface area contributed by atoms with Crippen molar-refractivity contribution >= 4 is 44.9 Å². The second kappa shape index (κ2) is 6.10. The van der Waals surface area contributed by atoms with Crippen LogP contribution in [0.3, 0.4) is 0 Å². The van der Waals surface area contributed by atoms with Crippen LogP contribution in [-0.2, 0) is 0 Å². The van der Waals surface area contributed by atoms with Crippen LogP contribution in [0.5, 0.6) is 5.75 Å². The van der Waals surface area contributed by atoms with Crippen LogP contribution in [-0.4, -0.2) is 21.3 Å². The van der Waals surface area contributed by atoms with Gasteiger partial charge < -0.3 is 9.52 Å². The number of aromatic nitrogens is 2. The van der Waals surface area contributed by atoms with Gasteiger partial charge in [0.1, 0.15) is 23.2 Å². The van der Waals surface area contributed by atoms with Crippen molar-refractivity contribution in [3.63, 3.8) is 0 Å². The van der Waals surface area contributed by atoms with Gasteiger partial charge in [0.15, 0.2) is 11.4 Å². The Hall–Kier alpha value is -3.93. The van der Waals surface area contributed by atoms with Crippen LogP contribution in [0.2, 0.25) is 0 Å². The van der Waals surface area contributed by atoms with Crippen molar-refractivity contribution in [1.82, 2.24) is 9.97 Å². The first-order chi connectivity index (χ1) is 13.3. The molecule has 0 unspecified atom stereocenters. The van der Waals surface area contributed by atoms with Crippen molar-refractivity contribution in [2.75, 3.05) is 5.43 Å². The quantitative estimate of drug-likeness (QED) is 0.363. The molecule has 0 aliphatic carbocycles. The van der Waals surface area contributed by atoms with E-state index < -0.39 is 0 Å². The largest absolute Gasteiger partial charge is 0.507 e. The van der Waals surface area contributed by atoms with Crippen molar-refractivity contribution in [3.8, 4) is 5.75 Å². The van der Waals surface area contributed by atoms with Crippen LogP contribution >= 0.6 is 0 Å². The van der Waals surface area contributed by atoms with Gasteiger partial charge in [-0.3, -0.25) is 5.43 Å². The molecule has 0 bridgehead atoms. The lowest BCUT2D eigenvalue weighted by atomic mass is 10.1. The van der Waals surface area contributed by atoms with E-state index in [1.165, 1.54) is 12.5 Å². The fraction of sp³-hybridized carbons (Fsp3) is 0. The van der Waals surface area contributed by atoms with Crippen LogP contribution in [0, 0.1) is 0 Å². The minimum Gasteiger partial charge on any atom is -0.507 e. The molecule has 2 heterocycles. The maximum Gasteiger partial charge on any atom is 0.197 e. The molecule has 0 radical (unpaired) electrons. The molecule has 5 rings (SSSR count). The third kappa shape index (κ3) is 2.55. The average Bonchev–Trinajstić information content (AvgIpc) is 3.09. The van der Waals surface area contributed by atoms with E-state index in [2.05, 4.69) is 32.6 Å². The van der Waals surface area contributed by atoms with Gasteiger partial charge in [0, 0.05) is 5.56 Å². The summed E-state index contributed by atoms with van der Waals surface area (Å²) in [6, 6.07) is 19.0. The van der Waals surface area contributed by atoms with E-state index >= 15 is 0 Å². The van der Waals surface area contributed by atoms with E-state index in [0.717, 1.165) is 27.3 Å². The summed E-state index contributed by atoms with van der Waals surface area (Å²) in [7, 11) is 0. The monoisotopic (exact) mass is 354 g/mol. The molecule has 3 aromatic carbocycles. The fourth-order valence-corrected chi connectivity index (χ4v) is 3.18. The molecule has 5 aromatic rings. The molecule has 2 aromatic heterocycles. The van der Waals surface area contributed by atoms with Crippen LogP contribution in [0.15, 0.2) is 76.5 Å². The van der Waals surface area contributed by atoms with Crippen LogP contribution in [0.25, 0.3) is 32.8 Å². The van der Waals surface area contributed by atoms with Crippen LogP contribution in [0.1, 0.15) is 5.56 Å². The molecule has 0 aliphatic heterocycles. The van der Waals surface area contributed by atoms with Crippen molar-refractivity contribution in [2.24, 2.45) is 5.10 Å². The predicted molar refractivity (Wildman–Crippen MR) is 106 cm³/mol. The summed E-state index contributed by atoms with van der Waals surface area (Å²) in [4.78, 5) is 8.67. The number of phenolic OH excluding ortho intramolecular Hbond substituents is 1. The minimum atomic E-state index is 0.158. The molecule has 2 N–H and O–H groups in total. The van der Waals surface area contributed by atoms with Gasteiger partial charge in [0.25, 0.3) is 0 Å². The number of anilines is 1. The molecule has 0 spiro atoms. The number of hydrogen-bond acceptors (Lipinski definition) is 6. The molecule has 6 nitrogen and oxygen atoms in total. The Morgan fingerprint density at radius 2 is 1.81 bits per heavy atom. The van der Waals surface area contributed by atoms with Crippen LogP contribution < -0.4 is 5.43 Å². The Balaban J connectivity index is 1.61. The lowest BCUT2D eigenvalue weighted by molar-refractivity contribution is 0.474. The maximum absolute atomic E-state index is 9.81. The Kier molecular flexibility index (Phi) is 3.47. The number of furan rings is 1. The lowest BCUT2D eigenvalue weighted by Crippen LogP contribution is -1.95. The summed E-state index contributed by atoms with van der Waals surface area (Å²) >= 11 is 0. The van der Waals surface area contributed by atoms with Gasteiger partial charge in [-0.1, -0.05) is 42.5 Å².